The fourth-order valence-corrected chi connectivity index (χ4v) is 2.25. The molecule has 0 aromatic carbocycles. The van der Waals surface area contributed by atoms with Crippen molar-refractivity contribution in [3.8, 4) is 0 Å². The Morgan fingerprint density at radius 2 is 1.79 bits per heavy atom. The lowest BCUT2D eigenvalue weighted by Crippen LogP contribution is -2.32. The standard InChI is InChI=1S/C16H28N2O/c1-7-13(8-2)18(6)15-10-12(11-19)9-14(17-15)16(3,4)5/h9-10,13,19H,7-8,11H2,1-6H3. The lowest BCUT2D eigenvalue weighted by Gasteiger charge is -2.29. The lowest BCUT2D eigenvalue weighted by atomic mass is 9.90. The van der Waals surface area contributed by atoms with E-state index in [1.165, 1.54) is 0 Å². The fraction of sp³-hybridized carbons (Fsp3) is 0.688. The zero-order chi connectivity index (χ0) is 14.6. The number of hydrogen-bond donors (Lipinski definition) is 1. The van der Waals surface area contributed by atoms with Crippen molar-refractivity contribution in [2.45, 2.75) is 65.5 Å². The number of nitrogens with zero attached hydrogens (tertiary/aromatic N) is 2. The van der Waals surface area contributed by atoms with Crippen LogP contribution >= 0.6 is 0 Å². The van der Waals surface area contributed by atoms with Gasteiger partial charge in [-0.05, 0) is 30.5 Å². The van der Waals surface area contributed by atoms with E-state index in [0.717, 1.165) is 29.9 Å². The van der Waals surface area contributed by atoms with Crippen molar-refractivity contribution in [2.24, 2.45) is 0 Å². The third kappa shape index (κ3) is 3.93. The van der Waals surface area contributed by atoms with Crippen LogP contribution in [0.5, 0.6) is 0 Å². The van der Waals surface area contributed by atoms with E-state index in [4.69, 9.17) is 4.98 Å². The van der Waals surface area contributed by atoms with Gasteiger partial charge in [-0.25, -0.2) is 4.98 Å². The SMILES string of the molecule is CCC(CC)N(C)c1cc(CO)cc(C(C)(C)C)n1. The second-order valence-electron chi connectivity index (χ2n) is 6.21. The van der Waals surface area contributed by atoms with Crippen LogP contribution in [0.4, 0.5) is 5.82 Å². The van der Waals surface area contributed by atoms with Crippen molar-refractivity contribution in [1.29, 1.82) is 0 Å². The minimum atomic E-state index is -0.00526. The van der Waals surface area contributed by atoms with Gasteiger partial charge in [0, 0.05) is 24.2 Å². The fourth-order valence-electron chi connectivity index (χ4n) is 2.25. The summed E-state index contributed by atoms with van der Waals surface area (Å²) in [5.41, 5.74) is 1.97. The van der Waals surface area contributed by atoms with Crippen LogP contribution in [-0.4, -0.2) is 23.2 Å². The van der Waals surface area contributed by atoms with Gasteiger partial charge in [0.15, 0.2) is 0 Å². The van der Waals surface area contributed by atoms with Gasteiger partial charge in [0.2, 0.25) is 0 Å². The second-order valence-corrected chi connectivity index (χ2v) is 6.21. The van der Waals surface area contributed by atoms with Crippen LogP contribution in [0.25, 0.3) is 0 Å². The van der Waals surface area contributed by atoms with Crippen LogP contribution in [0, 0.1) is 0 Å². The molecule has 0 saturated carbocycles. The summed E-state index contributed by atoms with van der Waals surface area (Å²) in [6.07, 6.45) is 2.20. The molecule has 0 radical (unpaired) electrons. The van der Waals surface area contributed by atoms with E-state index >= 15 is 0 Å². The van der Waals surface area contributed by atoms with Gasteiger partial charge in [0.05, 0.1) is 6.61 Å². The minimum Gasteiger partial charge on any atom is -0.392 e. The number of aliphatic hydroxyl groups is 1. The maximum atomic E-state index is 9.44. The molecule has 0 spiro atoms. The largest absolute Gasteiger partial charge is 0.392 e. The third-order valence-electron chi connectivity index (χ3n) is 3.67. The molecule has 0 saturated heterocycles. The monoisotopic (exact) mass is 264 g/mol. The molecule has 0 atom stereocenters. The van der Waals surface area contributed by atoms with Crippen LogP contribution in [0.15, 0.2) is 12.1 Å². The highest BCUT2D eigenvalue weighted by atomic mass is 16.3. The number of anilines is 1. The Labute approximate surface area is 117 Å². The zero-order valence-electron chi connectivity index (χ0n) is 13.2. The van der Waals surface area contributed by atoms with E-state index in [0.29, 0.717) is 6.04 Å². The van der Waals surface area contributed by atoms with Gasteiger partial charge < -0.3 is 10.0 Å². The maximum absolute atomic E-state index is 9.44. The first-order chi connectivity index (χ1) is 8.83. The van der Waals surface area contributed by atoms with E-state index in [-0.39, 0.29) is 12.0 Å². The molecule has 0 aliphatic carbocycles. The normalized spacial score (nSPS) is 12.0. The summed E-state index contributed by atoms with van der Waals surface area (Å²) >= 11 is 0. The quantitative estimate of drug-likeness (QED) is 0.884. The zero-order valence-corrected chi connectivity index (χ0v) is 13.2. The van der Waals surface area contributed by atoms with Crippen LogP contribution in [0.3, 0.4) is 0 Å². The molecule has 108 valence electrons. The van der Waals surface area contributed by atoms with E-state index in [9.17, 15) is 5.11 Å². The molecule has 3 nitrogen and oxygen atoms in total. The maximum Gasteiger partial charge on any atom is 0.129 e. The highest BCUT2D eigenvalue weighted by Gasteiger charge is 2.20. The summed E-state index contributed by atoms with van der Waals surface area (Å²) in [5, 5.41) is 9.44. The predicted molar refractivity (Wildman–Crippen MR) is 81.6 cm³/mol. The molecule has 1 N–H and O–H groups in total. The van der Waals surface area contributed by atoms with Crippen LogP contribution in [-0.2, 0) is 12.0 Å². The molecule has 0 amide bonds. The number of hydrogen-bond acceptors (Lipinski definition) is 3. The van der Waals surface area contributed by atoms with Crippen molar-refractivity contribution >= 4 is 5.82 Å². The molecule has 1 rings (SSSR count). The Morgan fingerprint density at radius 1 is 1.21 bits per heavy atom. The number of pyridine rings is 1. The minimum absolute atomic E-state index is 0.00526. The van der Waals surface area contributed by atoms with Crippen molar-refractivity contribution < 1.29 is 5.11 Å². The molecule has 0 unspecified atom stereocenters. The molecule has 1 aromatic rings. The molecule has 0 bridgehead atoms. The first kappa shape index (κ1) is 16.0. The molecule has 1 heterocycles. The van der Waals surface area contributed by atoms with Gasteiger partial charge in [-0.15, -0.1) is 0 Å². The van der Waals surface area contributed by atoms with E-state index < -0.39 is 0 Å². The van der Waals surface area contributed by atoms with Gasteiger partial charge in [-0.2, -0.15) is 0 Å². The van der Waals surface area contributed by atoms with Crippen molar-refractivity contribution in [1.82, 2.24) is 4.98 Å². The number of aliphatic hydroxyl groups excluding tert-OH is 1. The Kier molecular flexibility index (Phi) is 5.36. The average molecular weight is 264 g/mol. The lowest BCUT2D eigenvalue weighted by molar-refractivity contribution is 0.281. The predicted octanol–water partition coefficient (Wildman–Crippen LogP) is 3.50. The highest BCUT2D eigenvalue weighted by molar-refractivity contribution is 5.44. The summed E-state index contributed by atoms with van der Waals surface area (Å²) in [6, 6.07) is 4.49. The molecule has 3 heteroatoms. The van der Waals surface area contributed by atoms with Crippen molar-refractivity contribution in [2.75, 3.05) is 11.9 Å². The summed E-state index contributed by atoms with van der Waals surface area (Å²) in [4.78, 5) is 7.01. The summed E-state index contributed by atoms with van der Waals surface area (Å²) < 4.78 is 0. The van der Waals surface area contributed by atoms with Gasteiger partial charge in [0.1, 0.15) is 5.82 Å². The Morgan fingerprint density at radius 3 is 2.21 bits per heavy atom. The van der Waals surface area contributed by atoms with Gasteiger partial charge >= 0.3 is 0 Å². The van der Waals surface area contributed by atoms with Crippen LogP contribution in [0.1, 0.15) is 58.7 Å². The summed E-state index contributed by atoms with van der Waals surface area (Å²) in [6.45, 7) is 10.9. The third-order valence-corrected chi connectivity index (χ3v) is 3.67. The Hall–Kier alpha value is -1.09. The molecule has 0 fully saturated rings. The first-order valence-corrected chi connectivity index (χ1v) is 7.18. The van der Waals surface area contributed by atoms with E-state index in [1.807, 2.05) is 12.1 Å². The van der Waals surface area contributed by atoms with Gasteiger partial charge in [0.25, 0.3) is 0 Å². The summed E-state index contributed by atoms with van der Waals surface area (Å²) in [5.74, 6) is 0.963. The molecule has 0 aliphatic rings. The molecule has 19 heavy (non-hydrogen) atoms. The Bertz CT molecular complexity index is 406. The van der Waals surface area contributed by atoms with Gasteiger partial charge in [-0.1, -0.05) is 34.6 Å². The van der Waals surface area contributed by atoms with Gasteiger partial charge in [-0.3, -0.25) is 0 Å². The first-order valence-electron chi connectivity index (χ1n) is 7.18. The summed E-state index contributed by atoms with van der Waals surface area (Å²) in [7, 11) is 2.09. The molecule has 1 aromatic heterocycles. The van der Waals surface area contributed by atoms with E-state index in [2.05, 4.69) is 46.6 Å². The Balaban J connectivity index is 3.20. The number of aromatic nitrogens is 1. The average Bonchev–Trinajstić information content (AvgIpc) is 2.38. The topological polar surface area (TPSA) is 36.4 Å². The van der Waals surface area contributed by atoms with Crippen molar-refractivity contribution in [3.05, 3.63) is 23.4 Å². The molecule has 0 aliphatic heterocycles. The second kappa shape index (κ2) is 6.38. The molecular formula is C16H28N2O. The molecular weight excluding hydrogens is 236 g/mol. The number of rotatable bonds is 5. The smallest absolute Gasteiger partial charge is 0.129 e. The van der Waals surface area contributed by atoms with Crippen LogP contribution < -0.4 is 4.90 Å². The van der Waals surface area contributed by atoms with Crippen LogP contribution in [0.2, 0.25) is 0 Å². The van der Waals surface area contributed by atoms with Crippen molar-refractivity contribution in [3.63, 3.8) is 0 Å². The van der Waals surface area contributed by atoms with E-state index in [1.54, 1.807) is 0 Å². The highest BCUT2D eigenvalue weighted by Crippen LogP contribution is 2.26.